The van der Waals surface area contributed by atoms with Gasteiger partial charge in [0.2, 0.25) is 6.39 Å². The van der Waals surface area contributed by atoms with Crippen LogP contribution in [0.4, 0.5) is 18.9 Å². The first-order chi connectivity index (χ1) is 9.91. The number of hydrogen-bond donors (Lipinski definition) is 3. The third-order valence-corrected chi connectivity index (χ3v) is 2.56. The van der Waals surface area contributed by atoms with Crippen molar-refractivity contribution >= 4 is 11.6 Å². The predicted octanol–water partition coefficient (Wildman–Crippen LogP) is 1.30. The third-order valence-electron chi connectivity index (χ3n) is 2.56. The van der Waals surface area contributed by atoms with E-state index in [4.69, 9.17) is 5.84 Å². The van der Waals surface area contributed by atoms with Crippen LogP contribution in [0.2, 0.25) is 0 Å². The molecule has 10 heteroatoms. The van der Waals surface area contributed by atoms with Crippen LogP contribution in [0.3, 0.4) is 0 Å². The van der Waals surface area contributed by atoms with Crippen molar-refractivity contribution < 1.29 is 22.5 Å². The number of hydrazine groups is 1. The molecule has 0 saturated carbocycles. The van der Waals surface area contributed by atoms with Gasteiger partial charge in [0.05, 0.1) is 23.4 Å². The van der Waals surface area contributed by atoms with Crippen LogP contribution in [0.5, 0.6) is 0 Å². The Hall–Kier alpha value is -2.62. The van der Waals surface area contributed by atoms with Gasteiger partial charge in [-0.1, -0.05) is 5.16 Å². The molecule has 21 heavy (non-hydrogen) atoms. The van der Waals surface area contributed by atoms with E-state index in [-0.39, 0.29) is 23.6 Å². The molecule has 1 aromatic heterocycles. The van der Waals surface area contributed by atoms with E-state index in [9.17, 15) is 18.0 Å². The quantitative estimate of drug-likeness (QED) is 0.580. The molecule has 4 N–H and O–H groups in total. The summed E-state index contributed by atoms with van der Waals surface area (Å²) in [6, 6.07) is 2.61. The number of nitrogens with zero attached hydrogens (tertiary/aromatic N) is 2. The molecular formula is C11H10F3N5O2. The maximum Gasteiger partial charge on any atom is 0.416 e. The van der Waals surface area contributed by atoms with Crippen molar-refractivity contribution in [3.8, 4) is 0 Å². The van der Waals surface area contributed by atoms with Crippen molar-refractivity contribution in [2.45, 2.75) is 12.7 Å². The summed E-state index contributed by atoms with van der Waals surface area (Å²) >= 11 is 0. The molecule has 0 atom stereocenters. The van der Waals surface area contributed by atoms with Gasteiger partial charge in [0.1, 0.15) is 0 Å². The Morgan fingerprint density at radius 3 is 2.71 bits per heavy atom. The maximum atomic E-state index is 12.7. The number of benzene rings is 1. The zero-order valence-electron chi connectivity index (χ0n) is 10.4. The van der Waals surface area contributed by atoms with E-state index in [1.54, 1.807) is 0 Å². The lowest BCUT2D eigenvalue weighted by molar-refractivity contribution is -0.137. The van der Waals surface area contributed by atoms with Crippen molar-refractivity contribution in [1.82, 2.24) is 15.5 Å². The Morgan fingerprint density at radius 1 is 1.38 bits per heavy atom. The fourth-order valence-electron chi connectivity index (χ4n) is 1.56. The van der Waals surface area contributed by atoms with Crippen molar-refractivity contribution in [3.63, 3.8) is 0 Å². The monoisotopic (exact) mass is 301 g/mol. The first-order valence-electron chi connectivity index (χ1n) is 5.63. The number of rotatable bonds is 4. The Labute approximate surface area is 116 Å². The summed E-state index contributed by atoms with van der Waals surface area (Å²) in [5, 5.41) is 5.83. The predicted molar refractivity (Wildman–Crippen MR) is 64.7 cm³/mol. The van der Waals surface area contributed by atoms with E-state index >= 15 is 0 Å². The Kier molecular flexibility index (Phi) is 4.08. The Morgan fingerprint density at radius 2 is 2.14 bits per heavy atom. The fourth-order valence-corrected chi connectivity index (χ4v) is 1.56. The number of hydrogen-bond acceptors (Lipinski definition) is 6. The highest BCUT2D eigenvalue weighted by Gasteiger charge is 2.31. The summed E-state index contributed by atoms with van der Waals surface area (Å²) < 4.78 is 42.4. The van der Waals surface area contributed by atoms with Gasteiger partial charge in [0.25, 0.3) is 5.91 Å². The highest BCUT2D eigenvalue weighted by Crippen LogP contribution is 2.31. The number of halogens is 3. The molecule has 0 bridgehead atoms. The lowest BCUT2D eigenvalue weighted by Crippen LogP contribution is -2.26. The van der Waals surface area contributed by atoms with Crippen LogP contribution < -0.4 is 16.6 Å². The number of carbonyl (C=O) groups is 1. The van der Waals surface area contributed by atoms with E-state index in [0.717, 1.165) is 18.5 Å². The van der Waals surface area contributed by atoms with Gasteiger partial charge in [-0.2, -0.15) is 18.2 Å². The first-order valence-corrected chi connectivity index (χ1v) is 5.63. The molecule has 1 amide bonds. The molecule has 0 aliphatic carbocycles. The Bertz CT molecular complexity index is 627. The second kappa shape index (κ2) is 5.79. The van der Waals surface area contributed by atoms with Crippen LogP contribution in [-0.4, -0.2) is 16.0 Å². The van der Waals surface area contributed by atoms with Gasteiger partial charge >= 0.3 is 6.18 Å². The zero-order chi connectivity index (χ0) is 15.5. The van der Waals surface area contributed by atoms with Gasteiger partial charge in [-0.15, -0.1) is 0 Å². The molecule has 7 nitrogen and oxygen atoms in total. The van der Waals surface area contributed by atoms with Crippen LogP contribution in [0.15, 0.2) is 29.1 Å². The topological polar surface area (TPSA) is 106 Å². The lowest BCUT2D eigenvalue weighted by Gasteiger charge is -2.12. The SMILES string of the molecule is NNc1ccc(C(F)(F)F)cc1C(=O)NCc1ncon1. The normalized spacial score (nSPS) is 11.2. The van der Waals surface area contributed by atoms with E-state index in [1.807, 2.05) is 0 Å². The maximum absolute atomic E-state index is 12.7. The molecule has 0 fully saturated rings. The number of carbonyl (C=O) groups excluding carboxylic acids is 1. The summed E-state index contributed by atoms with van der Waals surface area (Å²) in [7, 11) is 0. The van der Waals surface area contributed by atoms with Crippen LogP contribution >= 0.6 is 0 Å². The van der Waals surface area contributed by atoms with Gasteiger partial charge in [0, 0.05) is 0 Å². The van der Waals surface area contributed by atoms with Gasteiger partial charge in [-0.25, -0.2) is 0 Å². The van der Waals surface area contributed by atoms with Gasteiger partial charge in [-0.05, 0) is 18.2 Å². The molecule has 0 spiro atoms. The van der Waals surface area contributed by atoms with Gasteiger partial charge in [-0.3, -0.25) is 10.6 Å². The van der Waals surface area contributed by atoms with Crippen LogP contribution in [0, 0.1) is 0 Å². The van der Waals surface area contributed by atoms with Gasteiger partial charge < -0.3 is 15.3 Å². The average molecular weight is 301 g/mol. The van der Waals surface area contributed by atoms with E-state index < -0.39 is 17.6 Å². The molecule has 0 aliphatic heterocycles. The second-order valence-electron chi connectivity index (χ2n) is 3.93. The number of nitrogens with two attached hydrogens (primary N) is 1. The number of amides is 1. The fraction of sp³-hybridized carbons (Fsp3) is 0.182. The molecular weight excluding hydrogens is 291 g/mol. The molecule has 0 aliphatic rings. The minimum Gasteiger partial charge on any atom is -0.345 e. The number of nitrogens with one attached hydrogen (secondary N) is 2. The molecule has 2 rings (SSSR count). The molecule has 112 valence electrons. The van der Waals surface area contributed by atoms with Crippen molar-refractivity contribution in [3.05, 3.63) is 41.5 Å². The summed E-state index contributed by atoms with van der Waals surface area (Å²) in [5.74, 6) is 4.63. The average Bonchev–Trinajstić information content (AvgIpc) is 2.96. The Balaban J connectivity index is 2.21. The third kappa shape index (κ3) is 3.48. The first kappa shape index (κ1) is 14.8. The highest BCUT2D eigenvalue weighted by atomic mass is 19.4. The zero-order valence-corrected chi connectivity index (χ0v) is 10.4. The molecule has 1 heterocycles. The summed E-state index contributed by atoms with van der Waals surface area (Å²) in [6.07, 6.45) is -3.49. The summed E-state index contributed by atoms with van der Waals surface area (Å²) in [5.41, 5.74) is 1.04. The summed E-state index contributed by atoms with van der Waals surface area (Å²) in [6.45, 7) is -0.0877. The largest absolute Gasteiger partial charge is 0.416 e. The standard InChI is InChI=1S/C11H10F3N5O2/c12-11(13,14)6-1-2-8(18-15)7(3-6)10(20)16-4-9-17-5-21-19-9/h1-3,5,18H,4,15H2,(H,16,20). The van der Waals surface area contributed by atoms with Crippen molar-refractivity contribution in [2.75, 3.05) is 5.43 Å². The number of anilines is 1. The summed E-state index contributed by atoms with van der Waals surface area (Å²) in [4.78, 5) is 15.6. The number of aromatic nitrogens is 2. The molecule has 1 aromatic carbocycles. The van der Waals surface area contributed by atoms with E-state index in [2.05, 4.69) is 25.4 Å². The van der Waals surface area contributed by atoms with Crippen LogP contribution in [0.1, 0.15) is 21.7 Å². The van der Waals surface area contributed by atoms with Crippen molar-refractivity contribution in [1.29, 1.82) is 0 Å². The smallest absolute Gasteiger partial charge is 0.345 e. The highest BCUT2D eigenvalue weighted by molar-refractivity contribution is 5.99. The molecule has 0 unspecified atom stereocenters. The van der Waals surface area contributed by atoms with Crippen LogP contribution in [-0.2, 0) is 12.7 Å². The van der Waals surface area contributed by atoms with Crippen LogP contribution in [0.25, 0.3) is 0 Å². The second-order valence-corrected chi connectivity index (χ2v) is 3.93. The number of alkyl halides is 3. The molecule has 2 aromatic rings. The molecule has 0 radical (unpaired) electrons. The van der Waals surface area contributed by atoms with Gasteiger partial charge in [0.15, 0.2) is 5.82 Å². The van der Waals surface area contributed by atoms with E-state index in [1.165, 1.54) is 0 Å². The minimum atomic E-state index is -4.56. The van der Waals surface area contributed by atoms with Crippen molar-refractivity contribution in [2.24, 2.45) is 5.84 Å². The lowest BCUT2D eigenvalue weighted by atomic mass is 10.1. The van der Waals surface area contributed by atoms with E-state index in [0.29, 0.717) is 6.07 Å². The minimum absolute atomic E-state index is 0.0635. The molecule has 0 saturated heterocycles. The number of nitrogen functional groups attached to an aromatic ring is 1.